The number of hydrogen-bond acceptors (Lipinski definition) is 5. The first kappa shape index (κ1) is 28.0. The van der Waals surface area contributed by atoms with E-state index in [1.807, 2.05) is 78.9 Å². The van der Waals surface area contributed by atoms with Gasteiger partial charge in [-0.2, -0.15) is 5.10 Å². The summed E-state index contributed by atoms with van der Waals surface area (Å²) in [5, 5.41) is 12.3. The number of nitrogens with zero attached hydrogens (tertiary/aromatic N) is 3. The smallest absolute Gasteiger partial charge is 0.344 e. The van der Waals surface area contributed by atoms with Crippen molar-refractivity contribution >= 4 is 35.2 Å². The van der Waals surface area contributed by atoms with Crippen molar-refractivity contribution in [1.29, 1.82) is 0 Å². The molecule has 7 nitrogen and oxygen atoms in total. The van der Waals surface area contributed by atoms with Crippen LogP contribution in [0.4, 0.5) is 11.5 Å². The van der Waals surface area contributed by atoms with Crippen molar-refractivity contribution in [1.82, 2.24) is 9.78 Å². The van der Waals surface area contributed by atoms with Gasteiger partial charge in [0.25, 0.3) is 0 Å². The second kappa shape index (κ2) is 14.8. The Hall–Kier alpha value is -4.04. The molecule has 0 spiro atoms. The van der Waals surface area contributed by atoms with Gasteiger partial charge in [0.1, 0.15) is 10.6 Å². The van der Waals surface area contributed by atoms with Crippen LogP contribution in [0.25, 0.3) is 5.69 Å². The molecule has 1 aromatic heterocycles. The van der Waals surface area contributed by atoms with Gasteiger partial charge in [0.15, 0.2) is 5.82 Å². The summed E-state index contributed by atoms with van der Waals surface area (Å²) in [6.45, 7) is 4.89. The number of aliphatic imine (C=N–C) groups is 1. The maximum absolute atomic E-state index is 13.4. The van der Waals surface area contributed by atoms with Crippen LogP contribution in [0.5, 0.6) is 0 Å². The fraction of sp³-hybridized carbons (Fsp3) is 0.258. The molecule has 0 aliphatic heterocycles. The Morgan fingerprint density at radius 3 is 2.23 bits per heavy atom. The molecule has 0 atom stereocenters. The molecule has 0 saturated heterocycles. The van der Waals surface area contributed by atoms with E-state index < -0.39 is 5.97 Å². The average molecular weight is 542 g/mol. The van der Waals surface area contributed by atoms with Crippen LogP contribution in [-0.4, -0.2) is 34.9 Å². The van der Waals surface area contributed by atoms with E-state index in [1.165, 1.54) is 11.8 Å². The van der Waals surface area contributed by atoms with E-state index in [2.05, 4.69) is 29.7 Å². The number of benzene rings is 3. The average Bonchev–Trinajstić information content (AvgIpc) is 3.34. The number of aromatic nitrogens is 2. The predicted octanol–water partition coefficient (Wildman–Crippen LogP) is 7.41. The molecule has 0 bridgehead atoms. The third-order valence-corrected chi connectivity index (χ3v) is 6.89. The van der Waals surface area contributed by atoms with Crippen LogP contribution in [-0.2, 0) is 10.5 Å². The lowest BCUT2D eigenvalue weighted by Crippen LogP contribution is -2.25. The summed E-state index contributed by atoms with van der Waals surface area (Å²) in [5.41, 5.74) is 3.24. The molecule has 202 valence electrons. The fourth-order valence-electron chi connectivity index (χ4n) is 3.92. The van der Waals surface area contributed by atoms with Crippen LogP contribution < -0.4 is 10.6 Å². The molecule has 0 aliphatic carbocycles. The van der Waals surface area contributed by atoms with E-state index in [0.29, 0.717) is 34.7 Å². The Bertz CT molecular complexity index is 1340. The molecule has 0 unspecified atom stereocenters. The van der Waals surface area contributed by atoms with Gasteiger partial charge in [-0.1, -0.05) is 98.3 Å². The molecule has 0 fully saturated rings. The van der Waals surface area contributed by atoms with Gasteiger partial charge in [-0.25, -0.2) is 9.48 Å². The zero-order valence-corrected chi connectivity index (χ0v) is 23.3. The molecule has 3 aromatic carbocycles. The quantitative estimate of drug-likeness (QED) is 0.0639. The number of ether oxygens (including phenoxy) is 1. The van der Waals surface area contributed by atoms with E-state index in [1.54, 1.807) is 11.6 Å². The standard InChI is InChI=1S/C31H35N5O2S/c1-3-5-15-22-32-31(33-25-18-11-7-12-19-25)34-28-27(30(37)38-4-2)29(39-23-24-16-9-6-10-17-24)35-36(28)26-20-13-8-14-21-26/h6-14,16-21H,3-5,15,22-23H2,1-2H3,(H2,32,33,34). The topological polar surface area (TPSA) is 80.5 Å². The Kier molecular flexibility index (Phi) is 10.6. The van der Waals surface area contributed by atoms with E-state index in [0.717, 1.165) is 36.2 Å². The van der Waals surface area contributed by atoms with Gasteiger partial charge in [-0.3, -0.25) is 4.99 Å². The number of nitrogens with one attached hydrogen (secondary N) is 2. The summed E-state index contributed by atoms with van der Waals surface area (Å²) in [5.74, 6) is 1.29. The first-order valence-corrected chi connectivity index (χ1v) is 14.3. The number of carbonyl (C=O) groups is 1. The first-order chi connectivity index (χ1) is 19.2. The number of carbonyl (C=O) groups excluding carboxylic acids is 1. The molecular formula is C31H35N5O2S. The summed E-state index contributed by atoms with van der Waals surface area (Å²) in [6, 6.07) is 29.8. The second-order valence-corrected chi connectivity index (χ2v) is 9.79. The zero-order chi connectivity index (χ0) is 27.3. The minimum absolute atomic E-state index is 0.262. The number of hydrogen-bond donors (Lipinski definition) is 2. The van der Waals surface area contributed by atoms with Crippen molar-refractivity contribution in [2.24, 2.45) is 4.99 Å². The molecule has 0 radical (unpaired) electrons. The van der Waals surface area contributed by atoms with Crippen molar-refractivity contribution in [3.8, 4) is 5.69 Å². The van der Waals surface area contributed by atoms with Crippen LogP contribution in [0.3, 0.4) is 0 Å². The third kappa shape index (κ3) is 7.97. The van der Waals surface area contributed by atoms with Crippen LogP contribution in [0.2, 0.25) is 0 Å². The van der Waals surface area contributed by atoms with E-state index in [9.17, 15) is 4.79 Å². The van der Waals surface area contributed by atoms with Gasteiger partial charge in [0.2, 0.25) is 5.96 Å². The number of unbranched alkanes of at least 4 members (excludes halogenated alkanes) is 2. The van der Waals surface area contributed by atoms with Crippen molar-refractivity contribution in [3.05, 3.63) is 102 Å². The molecule has 39 heavy (non-hydrogen) atoms. The van der Waals surface area contributed by atoms with Crippen molar-refractivity contribution in [2.75, 3.05) is 23.8 Å². The number of thioether (sulfide) groups is 1. The molecule has 4 aromatic rings. The highest BCUT2D eigenvalue weighted by Crippen LogP contribution is 2.33. The number of esters is 1. The van der Waals surface area contributed by atoms with Gasteiger partial charge in [0.05, 0.1) is 12.3 Å². The largest absolute Gasteiger partial charge is 0.462 e. The summed E-state index contributed by atoms with van der Waals surface area (Å²) >= 11 is 1.51. The van der Waals surface area contributed by atoms with Crippen LogP contribution in [0.1, 0.15) is 49.0 Å². The Labute approximate surface area is 234 Å². The monoisotopic (exact) mass is 541 g/mol. The maximum Gasteiger partial charge on any atom is 0.344 e. The number of anilines is 2. The number of rotatable bonds is 12. The van der Waals surface area contributed by atoms with Gasteiger partial charge >= 0.3 is 5.97 Å². The lowest BCUT2D eigenvalue weighted by Gasteiger charge is -2.15. The molecule has 0 amide bonds. The summed E-state index contributed by atoms with van der Waals surface area (Å²) in [6.07, 6.45) is 3.18. The third-order valence-electron chi connectivity index (χ3n) is 5.86. The number of para-hydroxylation sites is 2. The van der Waals surface area contributed by atoms with Crippen LogP contribution >= 0.6 is 11.8 Å². The first-order valence-electron chi connectivity index (χ1n) is 13.4. The van der Waals surface area contributed by atoms with Crippen LogP contribution in [0.15, 0.2) is 101 Å². The van der Waals surface area contributed by atoms with Crippen LogP contribution in [0, 0.1) is 0 Å². The lowest BCUT2D eigenvalue weighted by atomic mass is 10.2. The van der Waals surface area contributed by atoms with Gasteiger partial charge in [-0.05, 0) is 43.2 Å². The van der Waals surface area contributed by atoms with Crippen molar-refractivity contribution < 1.29 is 9.53 Å². The molecule has 0 aliphatic rings. The van der Waals surface area contributed by atoms with E-state index >= 15 is 0 Å². The van der Waals surface area contributed by atoms with Crippen molar-refractivity contribution in [2.45, 2.75) is 43.9 Å². The second-order valence-electron chi connectivity index (χ2n) is 8.82. The predicted molar refractivity (Wildman–Crippen MR) is 161 cm³/mol. The Balaban J connectivity index is 1.77. The Morgan fingerprint density at radius 2 is 1.56 bits per heavy atom. The molecule has 2 N–H and O–H groups in total. The van der Waals surface area contributed by atoms with Crippen molar-refractivity contribution in [3.63, 3.8) is 0 Å². The molecule has 0 saturated carbocycles. The molecular weight excluding hydrogens is 506 g/mol. The normalized spacial score (nSPS) is 11.3. The zero-order valence-electron chi connectivity index (χ0n) is 22.5. The SMILES string of the molecule is CCCCCN=C(Nc1ccccc1)Nc1c(C(=O)OCC)c(SCc2ccccc2)nn1-c1ccccc1. The molecule has 4 rings (SSSR count). The van der Waals surface area contributed by atoms with Gasteiger partial charge in [-0.15, -0.1) is 0 Å². The summed E-state index contributed by atoms with van der Waals surface area (Å²) in [7, 11) is 0. The highest BCUT2D eigenvalue weighted by Gasteiger charge is 2.27. The number of guanidine groups is 1. The summed E-state index contributed by atoms with van der Waals surface area (Å²) < 4.78 is 7.28. The highest BCUT2D eigenvalue weighted by molar-refractivity contribution is 7.98. The highest BCUT2D eigenvalue weighted by atomic mass is 32.2. The minimum Gasteiger partial charge on any atom is -0.462 e. The Morgan fingerprint density at radius 1 is 0.897 bits per heavy atom. The fourth-order valence-corrected chi connectivity index (χ4v) is 4.88. The minimum atomic E-state index is -0.428. The van der Waals surface area contributed by atoms with E-state index in [-0.39, 0.29) is 6.61 Å². The maximum atomic E-state index is 13.4. The lowest BCUT2D eigenvalue weighted by molar-refractivity contribution is 0.0523. The molecule has 1 heterocycles. The molecule has 8 heteroatoms. The van der Waals surface area contributed by atoms with Gasteiger partial charge in [0, 0.05) is 18.0 Å². The summed E-state index contributed by atoms with van der Waals surface area (Å²) in [4.78, 5) is 18.2. The van der Waals surface area contributed by atoms with E-state index in [4.69, 9.17) is 14.8 Å². The van der Waals surface area contributed by atoms with Gasteiger partial charge < -0.3 is 15.4 Å².